The molecule has 10 aromatic rings. The van der Waals surface area contributed by atoms with Gasteiger partial charge in [-0.15, -0.1) is 0 Å². The van der Waals surface area contributed by atoms with E-state index in [9.17, 15) is 0 Å². The van der Waals surface area contributed by atoms with Crippen LogP contribution in [0, 0.1) is 0 Å². The van der Waals surface area contributed by atoms with E-state index in [1.807, 2.05) is 24.4 Å². The van der Waals surface area contributed by atoms with Gasteiger partial charge in [0.2, 0.25) is 0 Å². The monoisotopic (exact) mass is 718 g/mol. The van der Waals surface area contributed by atoms with Crippen molar-refractivity contribution < 1.29 is 0 Å². The van der Waals surface area contributed by atoms with Crippen molar-refractivity contribution in [1.29, 1.82) is 0 Å². The Labute approximate surface area is 323 Å². The highest BCUT2D eigenvalue weighted by Crippen LogP contribution is 2.39. The summed E-state index contributed by atoms with van der Waals surface area (Å²) in [5.41, 5.74) is 10.9. The highest BCUT2D eigenvalue weighted by Gasteiger charge is 2.23. The van der Waals surface area contributed by atoms with Crippen molar-refractivity contribution in [3.63, 3.8) is 0 Å². The molecule has 0 fully saturated rings. The second kappa shape index (κ2) is 13.1. The molecule has 11 rings (SSSR count). The smallest absolute Gasteiger partial charge is 0.159 e. The summed E-state index contributed by atoms with van der Waals surface area (Å²) >= 11 is 0. The van der Waals surface area contributed by atoms with Crippen LogP contribution < -0.4 is 5.32 Å². The molecule has 0 saturated heterocycles. The fourth-order valence-corrected chi connectivity index (χ4v) is 8.22. The van der Waals surface area contributed by atoms with E-state index in [-0.39, 0.29) is 6.17 Å². The third-order valence-corrected chi connectivity index (χ3v) is 10.8. The second-order valence-corrected chi connectivity index (χ2v) is 14.1. The lowest BCUT2D eigenvalue weighted by atomic mass is 10.0. The Balaban J connectivity index is 1.10. The van der Waals surface area contributed by atoms with Crippen molar-refractivity contribution in [2.24, 2.45) is 9.98 Å². The fraction of sp³-hybridized carbons (Fsp3) is 0.0200. The maximum absolute atomic E-state index is 5.21. The summed E-state index contributed by atoms with van der Waals surface area (Å²) < 4.78 is 4.65. The summed E-state index contributed by atoms with van der Waals surface area (Å²) in [7, 11) is 0. The Morgan fingerprint density at radius 3 is 1.79 bits per heavy atom. The van der Waals surface area contributed by atoms with Crippen LogP contribution in [-0.4, -0.2) is 25.8 Å². The van der Waals surface area contributed by atoms with Gasteiger partial charge in [0.05, 0.1) is 22.1 Å². The zero-order valence-corrected chi connectivity index (χ0v) is 30.3. The summed E-state index contributed by atoms with van der Waals surface area (Å²) in [4.78, 5) is 15.4. The number of pyridine rings is 1. The standard InChI is InChI=1S/C50H34N6/c1-4-15-33(16-5-1)35-19-14-20-36(29-35)49-52-48(34-17-6-2-7-18-34)53-50(54-49)37-27-28-51-47(30-37)56-44-26-13-11-24-40(44)42-31-41-39-23-10-12-25-43(39)55(45(41)32-46(42)56)38-21-8-3-9-22-38/h1-32,48H,(H,52,53,54). The van der Waals surface area contributed by atoms with Crippen LogP contribution in [0.4, 0.5) is 0 Å². The molecule has 0 aliphatic carbocycles. The Bertz CT molecular complexity index is 3160. The van der Waals surface area contributed by atoms with Gasteiger partial charge in [-0.3, -0.25) is 4.57 Å². The van der Waals surface area contributed by atoms with E-state index in [1.54, 1.807) is 0 Å². The van der Waals surface area contributed by atoms with E-state index >= 15 is 0 Å². The highest BCUT2D eigenvalue weighted by molar-refractivity contribution is 6.19. The second-order valence-electron chi connectivity index (χ2n) is 14.1. The molecule has 0 amide bonds. The van der Waals surface area contributed by atoms with Gasteiger partial charge < -0.3 is 9.88 Å². The fourth-order valence-electron chi connectivity index (χ4n) is 8.22. The average molecular weight is 719 g/mol. The summed E-state index contributed by atoms with van der Waals surface area (Å²) in [5, 5.41) is 8.44. The summed E-state index contributed by atoms with van der Waals surface area (Å²) in [6.45, 7) is 0. The minimum absolute atomic E-state index is 0.322. The minimum Gasteiger partial charge on any atom is -0.344 e. The quantitative estimate of drug-likeness (QED) is 0.186. The number of nitrogens with zero attached hydrogens (tertiary/aromatic N) is 5. The van der Waals surface area contributed by atoms with Gasteiger partial charge in [-0.05, 0) is 71.3 Å². The van der Waals surface area contributed by atoms with Crippen LogP contribution in [0.5, 0.6) is 0 Å². The first-order valence-corrected chi connectivity index (χ1v) is 18.9. The van der Waals surface area contributed by atoms with Crippen molar-refractivity contribution in [3.8, 4) is 22.6 Å². The van der Waals surface area contributed by atoms with Crippen molar-refractivity contribution in [3.05, 3.63) is 211 Å². The molecule has 56 heavy (non-hydrogen) atoms. The van der Waals surface area contributed by atoms with Crippen LogP contribution in [0.1, 0.15) is 22.9 Å². The third-order valence-electron chi connectivity index (χ3n) is 10.8. The molecule has 1 N–H and O–H groups in total. The predicted molar refractivity (Wildman–Crippen MR) is 230 cm³/mol. The van der Waals surface area contributed by atoms with Gasteiger partial charge in [0.25, 0.3) is 0 Å². The van der Waals surface area contributed by atoms with Crippen molar-refractivity contribution >= 4 is 55.3 Å². The molecule has 0 radical (unpaired) electrons. The average Bonchev–Trinajstić information content (AvgIpc) is 3.78. The number of para-hydroxylation sites is 3. The highest BCUT2D eigenvalue weighted by atomic mass is 15.2. The van der Waals surface area contributed by atoms with E-state index in [4.69, 9.17) is 15.0 Å². The van der Waals surface area contributed by atoms with E-state index < -0.39 is 0 Å². The topological polar surface area (TPSA) is 59.5 Å². The number of benzene rings is 7. The molecule has 1 atom stereocenters. The van der Waals surface area contributed by atoms with Crippen LogP contribution in [-0.2, 0) is 0 Å². The Kier molecular flexibility index (Phi) is 7.45. The molecule has 264 valence electrons. The van der Waals surface area contributed by atoms with Crippen LogP contribution in [0.15, 0.2) is 204 Å². The molecule has 6 nitrogen and oxygen atoms in total. The van der Waals surface area contributed by atoms with Crippen molar-refractivity contribution in [2.75, 3.05) is 0 Å². The SMILES string of the molecule is c1ccc(-c2cccc(C3=NC(c4ccnc(-n5c6ccccc6c6cc7c8ccccc8n(-c8ccccc8)c7cc65)c4)=NC(c4ccccc4)N3)c2)cc1. The lowest BCUT2D eigenvalue weighted by molar-refractivity contribution is 0.674. The summed E-state index contributed by atoms with van der Waals surface area (Å²) in [6.07, 6.45) is 1.55. The molecule has 1 aliphatic heterocycles. The van der Waals surface area contributed by atoms with Crippen LogP contribution in [0.2, 0.25) is 0 Å². The van der Waals surface area contributed by atoms with Gasteiger partial charge in [0.15, 0.2) is 5.84 Å². The molecule has 1 unspecified atom stereocenters. The molecule has 0 spiro atoms. The number of aromatic nitrogens is 3. The van der Waals surface area contributed by atoms with Crippen LogP contribution in [0.25, 0.3) is 66.2 Å². The zero-order valence-electron chi connectivity index (χ0n) is 30.3. The molecule has 0 saturated carbocycles. The number of hydrogen-bond donors (Lipinski definition) is 1. The van der Waals surface area contributed by atoms with Crippen LogP contribution in [0.3, 0.4) is 0 Å². The molecule has 7 aromatic carbocycles. The van der Waals surface area contributed by atoms with E-state index in [0.29, 0.717) is 5.84 Å². The molecule has 0 bridgehead atoms. The van der Waals surface area contributed by atoms with Gasteiger partial charge in [-0.1, -0.05) is 133 Å². The molecule has 3 aromatic heterocycles. The van der Waals surface area contributed by atoms with E-state index in [0.717, 1.165) is 61.7 Å². The predicted octanol–water partition coefficient (Wildman–Crippen LogP) is 11.4. The van der Waals surface area contributed by atoms with E-state index in [1.165, 1.54) is 27.1 Å². The lowest BCUT2D eigenvalue weighted by Crippen LogP contribution is -2.33. The number of aliphatic imine (C=N–C) groups is 2. The van der Waals surface area contributed by atoms with Crippen LogP contribution >= 0.6 is 0 Å². The molecule has 6 heteroatoms. The summed E-state index contributed by atoms with van der Waals surface area (Å²) in [6, 6.07) is 66.0. The Morgan fingerprint density at radius 2 is 1.04 bits per heavy atom. The molecule has 1 aliphatic rings. The summed E-state index contributed by atoms with van der Waals surface area (Å²) in [5.74, 6) is 2.22. The molecular formula is C50H34N6. The third kappa shape index (κ3) is 5.30. The first-order chi connectivity index (χ1) is 27.8. The number of rotatable bonds is 6. The maximum atomic E-state index is 5.21. The molecule has 4 heterocycles. The minimum atomic E-state index is -0.322. The van der Waals surface area contributed by atoms with Gasteiger partial charge in [0, 0.05) is 44.6 Å². The first kappa shape index (κ1) is 31.9. The Hall–Kier alpha value is -7.57. The Morgan fingerprint density at radius 1 is 0.429 bits per heavy atom. The lowest BCUT2D eigenvalue weighted by Gasteiger charge is -2.24. The molecular weight excluding hydrogens is 685 g/mol. The largest absolute Gasteiger partial charge is 0.344 e. The van der Waals surface area contributed by atoms with Crippen molar-refractivity contribution in [1.82, 2.24) is 19.4 Å². The number of hydrogen-bond acceptors (Lipinski definition) is 4. The maximum Gasteiger partial charge on any atom is 0.159 e. The number of amidine groups is 2. The van der Waals surface area contributed by atoms with Crippen molar-refractivity contribution in [2.45, 2.75) is 6.17 Å². The van der Waals surface area contributed by atoms with Gasteiger partial charge in [-0.25, -0.2) is 15.0 Å². The number of nitrogens with one attached hydrogen (secondary N) is 1. The van der Waals surface area contributed by atoms with Gasteiger partial charge in [-0.2, -0.15) is 0 Å². The van der Waals surface area contributed by atoms with Gasteiger partial charge >= 0.3 is 0 Å². The first-order valence-electron chi connectivity index (χ1n) is 18.9. The normalized spacial score (nSPS) is 14.2. The van der Waals surface area contributed by atoms with Gasteiger partial charge in [0.1, 0.15) is 17.8 Å². The zero-order chi connectivity index (χ0) is 37.0. The number of fused-ring (bicyclic) bond motifs is 6. The van der Waals surface area contributed by atoms with E-state index in [2.05, 4.69) is 184 Å².